The third-order valence-electron chi connectivity index (χ3n) is 5.76. The number of nitrogen functional groups attached to an aromatic ring is 1. The molecule has 0 bridgehead atoms. The number of halogens is 1. The number of fused-ring (bicyclic) bond motifs is 1. The first-order valence-electron chi connectivity index (χ1n) is 10.5. The molecule has 174 valence electrons. The quantitative estimate of drug-likeness (QED) is 0.459. The van der Waals surface area contributed by atoms with Gasteiger partial charge < -0.3 is 15.1 Å². The van der Waals surface area contributed by atoms with Crippen molar-refractivity contribution in [1.29, 1.82) is 0 Å². The van der Waals surface area contributed by atoms with E-state index in [4.69, 9.17) is 21.8 Å². The number of amides is 1. The van der Waals surface area contributed by atoms with Crippen molar-refractivity contribution in [3.8, 4) is 11.5 Å². The van der Waals surface area contributed by atoms with Crippen molar-refractivity contribution in [2.24, 2.45) is 0 Å². The number of rotatable bonds is 4. The van der Waals surface area contributed by atoms with Gasteiger partial charge in [-0.25, -0.2) is 8.42 Å². The molecule has 1 fully saturated rings. The smallest absolute Gasteiger partial charge is 0.313 e. The fourth-order valence-corrected chi connectivity index (χ4v) is 5.56. The molecule has 2 N–H and O–H groups in total. The van der Waals surface area contributed by atoms with Crippen LogP contribution in [0.4, 0.5) is 6.01 Å². The molecule has 34 heavy (non-hydrogen) atoms. The molecule has 11 heteroatoms. The minimum atomic E-state index is -3.68. The van der Waals surface area contributed by atoms with E-state index in [0.29, 0.717) is 29.2 Å². The van der Waals surface area contributed by atoms with Crippen molar-refractivity contribution in [3.63, 3.8) is 0 Å². The number of hydrogen-bond donors (Lipinski definition) is 1. The van der Waals surface area contributed by atoms with E-state index in [2.05, 4.69) is 10.2 Å². The lowest BCUT2D eigenvalue weighted by molar-refractivity contribution is 0.0698. The lowest BCUT2D eigenvalue weighted by Crippen LogP contribution is -2.50. The van der Waals surface area contributed by atoms with Gasteiger partial charge in [-0.15, -0.1) is 5.10 Å². The van der Waals surface area contributed by atoms with E-state index in [1.807, 2.05) is 0 Å². The first kappa shape index (κ1) is 22.3. The van der Waals surface area contributed by atoms with Gasteiger partial charge >= 0.3 is 6.01 Å². The van der Waals surface area contributed by atoms with Gasteiger partial charge in [0.15, 0.2) is 0 Å². The number of hydrogen-bond acceptors (Lipinski definition) is 7. The Bertz CT molecular complexity index is 1480. The molecule has 3 aromatic carbocycles. The van der Waals surface area contributed by atoms with Crippen LogP contribution in [0.5, 0.6) is 0 Å². The predicted octanol–water partition coefficient (Wildman–Crippen LogP) is 3.27. The van der Waals surface area contributed by atoms with E-state index in [0.717, 1.165) is 10.8 Å². The first-order valence-corrected chi connectivity index (χ1v) is 12.3. The lowest BCUT2D eigenvalue weighted by atomic mass is 10.1. The van der Waals surface area contributed by atoms with Crippen molar-refractivity contribution in [1.82, 2.24) is 19.4 Å². The maximum atomic E-state index is 13.2. The zero-order chi connectivity index (χ0) is 23.9. The van der Waals surface area contributed by atoms with Crippen molar-refractivity contribution in [2.75, 3.05) is 31.9 Å². The van der Waals surface area contributed by atoms with Gasteiger partial charge in [0.05, 0.1) is 4.90 Å². The van der Waals surface area contributed by atoms with Crippen LogP contribution in [0.3, 0.4) is 0 Å². The Morgan fingerprint density at radius 1 is 0.912 bits per heavy atom. The number of benzene rings is 3. The monoisotopic (exact) mass is 497 g/mol. The molecule has 0 radical (unpaired) electrons. The number of sulfonamides is 1. The molecule has 5 rings (SSSR count). The van der Waals surface area contributed by atoms with E-state index < -0.39 is 10.0 Å². The van der Waals surface area contributed by atoms with Crippen LogP contribution in [0.15, 0.2) is 70.0 Å². The number of piperazine rings is 1. The maximum Gasteiger partial charge on any atom is 0.313 e. The number of nitrogens with zero attached hydrogens (tertiary/aromatic N) is 4. The average molecular weight is 498 g/mol. The molecule has 2 heterocycles. The van der Waals surface area contributed by atoms with Crippen LogP contribution in [0, 0.1) is 0 Å². The topological polar surface area (TPSA) is 123 Å². The summed E-state index contributed by atoms with van der Waals surface area (Å²) in [6, 6.07) is 17.0. The summed E-state index contributed by atoms with van der Waals surface area (Å²) in [6.07, 6.45) is 0. The van der Waals surface area contributed by atoms with Gasteiger partial charge in [-0.3, -0.25) is 4.79 Å². The summed E-state index contributed by atoms with van der Waals surface area (Å²) in [5.74, 6) is 0.100. The summed E-state index contributed by atoms with van der Waals surface area (Å²) in [5, 5.41) is 9.70. The highest BCUT2D eigenvalue weighted by Gasteiger charge is 2.30. The van der Waals surface area contributed by atoms with Crippen LogP contribution in [-0.4, -0.2) is 59.9 Å². The summed E-state index contributed by atoms with van der Waals surface area (Å²) in [5.41, 5.74) is 6.58. The van der Waals surface area contributed by atoms with E-state index in [9.17, 15) is 13.2 Å². The van der Waals surface area contributed by atoms with E-state index >= 15 is 0 Å². The van der Waals surface area contributed by atoms with Gasteiger partial charge in [0.25, 0.3) is 5.91 Å². The number of carbonyl (C=O) groups is 1. The highest BCUT2D eigenvalue weighted by molar-refractivity contribution is 7.89. The zero-order valence-electron chi connectivity index (χ0n) is 17.9. The SMILES string of the molecule is Nc1nnc(-c2ccc(C(=O)N3CCN(S(=O)(=O)c4ccc5cc(Cl)ccc5c4)CC3)cc2)o1. The Hall–Kier alpha value is -3.47. The Morgan fingerprint density at radius 2 is 1.59 bits per heavy atom. The summed E-state index contributed by atoms with van der Waals surface area (Å²) >= 11 is 6.02. The molecule has 1 saturated heterocycles. The van der Waals surface area contributed by atoms with Crippen molar-refractivity contribution >= 4 is 44.3 Å². The van der Waals surface area contributed by atoms with Gasteiger partial charge in [0.1, 0.15) is 0 Å². The van der Waals surface area contributed by atoms with Crippen LogP contribution >= 0.6 is 11.6 Å². The van der Waals surface area contributed by atoms with E-state index in [1.165, 1.54) is 4.31 Å². The normalized spacial score (nSPS) is 15.0. The lowest BCUT2D eigenvalue weighted by Gasteiger charge is -2.34. The maximum absolute atomic E-state index is 13.2. The van der Waals surface area contributed by atoms with Crippen molar-refractivity contribution < 1.29 is 17.6 Å². The Kier molecular flexibility index (Phi) is 5.72. The molecule has 0 unspecified atom stereocenters. The Labute approximate surface area is 200 Å². The molecule has 1 aliphatic rings. The third-order valence-corrected chi connectivity index (χ3v) is 7.89. The summed E-state index contributed by atoms with van der Waals surface area (Å²) in [7, 11) is -3.68. The van der Waals surface area contributed by atoms with Crippen LogP contribution in [0.1, 0.15) is 10.4 Å². The Balaban J connectivity index is 1.26. The molecular weight excluding hydrogens is 478 g/mol. The highest BCUT2D eigenvalue weighted by atomic mass is 35.5. The van der Waals surface area contributed by atoms with Crippen molar-refractivity contribution in [3.05, 3.63) is 71.2 Å². The largest absolute Gasteiger partial charge is 0.404 e. The molecule has 9 nitrogen and oxygen atoms in total. The summed E-state index contributed by atoms with van der Waals surface area (Å²) in [4.78, 5) is 14.8. The molecule has 1 aromatic heterocycles. The number of anilines is 1. The zero-order valence-corrected chi connectivity index (χ0v) is 19.5. The molecule has 1 amide bonds. The fraction of sp³-hybridized carbons (Fsp3) is 0.174. The average Bonchev–Trinajstić information content (AvgIpc) is 3.29. The third kappa shape index (κ3) is 4.23. The van der Waals surface area contributed by atoms with E-state index in [-0.39, 0.29) is 35.8 Å². The standard InChI is InChI=1S/C23H20ClN5O4S/c24-19-7-5-18-14-20(8-6-17(18)13-19)34(31,32)29-11-9-28(10-12-29)22(30)16-3-1-15(2-4-16)21-26-27-23(25)33-21/h1-8,13-14H,9-12H2,(H2,25,27). The molecule has 0 saturated carbocycles. The predicted molar refractivity (Wildman–Crippen MR) is 128 cm³/mol. The fourth-order valence-electron chi connectivity index (χ4n) is 3.92. The number of carbonyl (C=O) groups excluding carboxylic acids is 1. The van der Waals surface area contributed by atoms with Gasteiger partial charge in [-0.2, -0.15) is 4.31 Å². The molecule has 4 aromatic rings. The van der Waals surface area contributed by atoms with Gasteiger partial charge in [0, 0.05) is 42.3 Å². The van der Waals surface area contributed by atoms with Crippen LogP contribution < -0.4 is 5.73 Å². The molecule has 0 atom stereocenters. The van der Waals surface area contributed by atoms with Crippen LogP contribution in [0.2, 0.25) is 5.02 Å². The van der Waals surface area contributed by atoms with Gasteiger partial charge in [0.2, 0.25) is 15.9 Å². The number of aromatic nitrogens is 2. The molecule has 0 spiro atoms. The molecule has 1 aliphatic heterocycles. The molecular formula is C23H20ClN5O4S. The van der Waals surface area contributed by atoms with Crippen LogP contribution in [0.25, 0.3) is 22.2 Å². The second kappa shape index (κ2) is 8.71. The summed E-state index contributed by atoms with van der Waals surface area (Å²) < 4.78 is 33.0. The first-order chi connectivity index (χ1) is 16.3. The van der Waals surface area contributed by atoms with Gasteiger partial charge in [-0.1, -0.05) is 28.8 Å². The second-order valence-corrected chi connectivity index (χ2v) is 10.2. The Morgan fingerprint density at radius 3 is 2.26 bits per heavy atom. The highest BCUT2D eigenvalue weighted by Crippen LogP contribution is 2.26. The van der Waals surface area contributed by atoms with Crippen molar-refractivity contribution in [2.45, 2.75) is 4.90 Å². The minimum Gasteiger partial charge on any atom is -0.404 e. The summed E-state index contributed by atoms with van der Waals surface area (Å²) in [6.45, 7) is 1.02. The van der Waals surface area contributed by atoms with E-state index in [1.54, 1.807) is 65.6 Å². The van der Waals surface area contributed by atoms with Crippen LogP contribution in [-0.2, 0) is 10.0 Å². The minimum absolute atomic E-state index is 0.0314. The molecule has 0 aliphatic carbocycles. The number of nitrogens with two attached hydrogens (primary N) is 1. The van der Waals surface area contributed by atoms with Gasteiger partial charge in [-0.05, 0) is 59.3 Å². The second-order valence-electron chi connectivity index (χ2n) is 7.87.